The van der Waals surface area contributed by atoms with Crippen molar-refractivity contribution < 1.29 is 14.6 Å². The molecule has 4 heteroatoms. The van der Waals surface area contributed by atoms with Crippen LogP contribution >= 0.6 is 0 Å². The molecule has 94 valence electrons. The van der Waals surface area contributed by atoms with Crippen LogP contribution in [-0.4, -0.2) is 36.9 Å². The third-order valence-corrected chi connectivity index (χ3v) is 3.11. The Kier molecular flexibility index (Phi) is 6.42. The molecular weight excluding hydrogens is 206 g/mol. The molecule has 0 aliphatic heterocycles. The molecule has 1 rings (SSSR count). The molecule has 0 heterocycles. The van der Waals surface area contributed by atoms with Gasteiger partial charge in [-0.15, -0.1) is 0 Å². The Labute approximate surface area is 97.4 Å². The van der Waals surface area contributed by atoms with Crippen LogP contribution in [0.1, 0.15) is 39.0 Å². The summed E-state index contributed by atoms with van der Waals surface area (Å²) < 4.78 is 5.51. The van der Waals surface area contributed by atoms with E-state index in [2.05, 4.69) is 5.32 Å². The molecule has 0 spiro atoms. The molecule has 0 aromatic carbocycles. The topological polar surface area (TPSA) is 58.6 Å². The Morgan fingerprint density at radius 1 is 1.44 bits per heavy atom. The summed E-state index contributed by atoms with van der Waals surface area (Å²) in [5.74, 6) is -0.185. The Hall–Kier alpha value is -0.610. The third-order valence-electron chi connectivity index (χ3n) is 3.11. The van der Waals surface area contributed by atoms with Crippen molar-refractivity contribution in [1.29, 1.82) is 0 Å². The quantitative estimate of drug-likeness (QED) is 0.697. The van der Waals surface area contributed by atoms with E-state index in [4.69, 9.17) is 9.84 Å². The fraction of sp³-hybridized carbons (Fsp3) is 0.917. The summed E-state index contributed by atoms with van der Waals surface area (Å²) in [6.45, 7) is 3.55. The van der Waals surface area contributed by atoms with Gasteiger partial charge in [0.15, 0.2) is 0 Å². The summed E-state index contributed by atoms with van der Waals surface area (Å²) in [5.41, 5.74) is 0. The van der Waals surface area contributed by atoms with E-state index in [1.165, 1.54) is 32.1 Å². The highest BCUT2D eigenvalue weighted by Crippen LogP contribution is 2.23. The fourth-order valence-electron chi connectivity index (χ4n) is 2.17. The third kappa shape index (κ3) is 4.94. The standard InChI is InChI=1S/C12H23NO3/c1-2-13-11(12(14)15)9-16-8-10-6-4-3-5-7-10/h10-11,13H,2-9H2,1H3,(H,14,15)/t11-/m0/s1. The number of likely N-dealkylation sites (N-methyl/N-ethyl adjacent to an activating group) is 1. The van der Waals surface area contributed by atoms with E-state index in [-0.39, 0.29) is 6.61 Å². The van der Waals surface area contributed by atoms with E-state index in [1.807, 2.05) is 6.92 Å². The lowest BCUT2D eigenvalue weighted by atomic mass is 9.90. The lowest BCUT2D eigenvalue weighted by Crippen LogP contribution is -2.40. The molecule has 0 unspecified atom stereocenters. The van der Waals surface area contributed by atoms with Crippen molar-refractivity contribution in [2.24, 2.45) is 5.92 Å². The molecule has 4 nitrogen and oxygen atoms in total. The minimum atomic E-state index is -0.828. The highest BCUT2D eigenvalue weighted by molar-refractivity contribution is 5.73. The van der Waals surface area contributed by atoms with E-state index >= 15 is 0 Å². The minimum absolute atomic E-state index is 0.277. The maximum absolute atomic E-state index is 10.8. The molecule has 0 aromatic rings. The van der Waals surface area contributed by atoms with E-state index in [1.54, 1.807) is 0 Å². The van der Waals surface area contributed by atoms with Crippen LogP contribution in [0.15, 0.2) is 0 Å². The Bertz CT molecular complexity index is 202. The monoisotopic (exact) mass is 229 g/mol. The molecule has 0 saturated heterocycles. The first-order valence-corrected chi connectivity index (χ1v) is 6.28. The fourth-order valence-corrected chi connectivity index (χ4v) is 2.17. The Balaban J connectivity index is 2.13. The smallest absolute Gasteiger partial charge is 0.323 e. The number of carboxylic acid groups (broad SMARTS) is 1. The minimum Gasteiger partial charge on any atom is -0.480 e. The number of aliphatic carboxylic acids is 1. The summed E-state index contributed by atoms with van der Waals surface area (Å²) in [6, 6.07) is -0.561. The van der Waals surface area contributed by atoms with Gasteiger partial charge in [-0.05, 0) is 25.3 Å². The summed E-state index contributed by atoms with van der Waals surface area (Å²) in [4.78, 5) is 10.8. The second-order valence-corrected chi connectivity index (χ2v) is 4.49. The second-order valence-electron chi connectivity index (χ2n) is 4.49. The molecule has 0 bridgehead atoms. The summed E-state index contributed by atoms with van der Waals surface area (Å²) in [5, 5.41) is 11.8. The largest absolute Gasteiger partial charge is 0.480 e. The van der Waals surface area contributed by atoms with Crippen molar-refractivity contribution in [3.8, 4) is 0 Å². The number of carbonyl (C=O) groups is 1. The summed E-state index contributed by atoms with van der Waals surface area (Å²) in [7, 11) is 0. The van der Waals surface area contributed by atoms with Crippen molar-refractivity contribution in [2.75, 3.05) is 19.8 Å². The summed E-state index contributed by atoms with van der Waals surface area (Å²) in [6.07, 6.45) is 6.40. The van der Waals surface area contributed by atoms with Crippen molar-refractivity contribution in [2.45, 2.75) is 45.1 Å². The number of hydrogen-bond acceptors (Lipinski definition) is 3. The van der Waals surface area contributed by atoms with Gasteiger partial charge in [-0.3, -0.25) is 4.79 Å². The highest BCUT2D eigenvalue weighted by atomic mass is 16.5. The zero-order valence-electron chi connectivity index (χ0n) is 10.1. The van der Waals surface area contributed by atoms with E-state index < -0.39 is 12.0 Å². The first-order chi connectivity index (χ1) is 7.74. The Morgan fingerprint density at radius 3 is 2.69 bits per heavy atom. The first kappa shape index (κ1) is 13.5. The average molecular weight is 229 g/mol. The van der Waals surface area contributed by atoms with Gasteiger partial charge in [0.25, 0.3) is 0 Å². The van der Waals surface area contributed by atoms with Gasteiger partial charge in [-0.1, -0.05) is 26.2 Å². The van der Waals surface area contributed by atoms with Gasteiger partial charge in [0.05, 0.1) is 6.61 Å². The zero-order valence-corrected chi connectivity index (χ0v) is 10.1. The van der Waals surface area contributed by atoms with Gasteiger partial charge < -0.3 is 15.2 Å². The number of hydrogen-bond donors (Lipinski definition) is 2. The maximum atomic E-state index is 10.8. The van der Waals surface area contributed by atoms with Crippen molar-refractivity contribution in [3.05, 3.63) is 0 Å². The number of ether oxygens (including phenoxy) is 1. The molecule has 0 aromatic heterocycles. The van der Waals surface area contributed by atoms with Crippen LogP contribution < -0.4 is 5.32 Å². The first-order valence-electron chi connectivity index (χ1n) is 6.28. The van der Waals surface area contributed by atoms with E-state index in [0.29, 0.717) is 12.5 Å². The molecule has 1 fully saturated rings. The second kappa shape index (κ2) is 7.63. The predicted octanol–water partition coefficient (Wildman–Crippen LogP) is 1.65. The van der Waals surface area contributed by atoms with Crippen LogP contribution in [0.25, 0.3) is 0 Å². The van der Waals surface area contributed by atoms with Gasteiger partial charge in [-0.25, -0.2) is 0 Å². The molecule has 0 amide bonds. The van der Waals surface area contributed by atoms with Crippen LogP contribution in [0.5, 0.6) is 0 Å². The number of nitrogens with one attached hydrogen (secondary N) is 1. The molecule has 0 radical (unpaired) electrons. The maximum Gasteiger partial charge on any atom is 0.323 e. The highest BCUT2D eigenvalue weighted by Gasteiger charge is 2.18. The van der Waals surface area contributed by atoms with Gasteiger partial charge in [0.2, 0.25) is 0 Å². The molecule has 16 heavy (non-hydrogen) atoms. The number of rotatable bonds is 7. The molecule has 2 N–H and O–H groups in total. The Morgan fingerprint density at radius 2 is 2.12 bits per heavy atom. The van der Waals surface area contributed by atoms with E-state index in [9.17, 15) is 4.79 Å². The summed E-state index contributed by atoms with van der Waals surface area (Å²) >= 11 is 0. The van der Waals surface area contributed by atoms with Crippen LogP contribution in [0.3, 0.4) is 0 Å². The van der Waals surface area contributed by atoms with Gasteiger partial charge in [0.1, 0.15) is 6.04 Å². The molecule has 1 aliphatic carbocycles. The average Bonchev–Trinajstić information content (AvgIpc) is 2.29. The van der Waals surface area contributed by atoms with Gasteiger partial charge in [-0.2, -0.15) is 0 Å². The van der Waals surface area contributed by atoms with E-state index in [0.717, 1.165) is 6.61 Å². The van der Waals surface area contributed by atoms with Gasteiger partial charge >= 0.3 is 5.97 Å². The van der Waals surface area contributed by atoms with Crippen molar-refractivity contribution >= 4 is 5.97 Å². The van der Waals surface area contributed by atoms with Crippen LogP contribution in [0.4, 0.5) is 0 Å². The SMILES string of the molecule is CCN[C@@H](COCC1CCCCC1)C(=O)O. The zero-order chi connectivity index (χ0) is 11.8. The van der Waals surface area contributed by atoms with Gasteiger partial charge in [0, 0.05) is 6.61 Å². The van der Waals surface area contributed by atoms with Crippen LogP contribution in [0.2, 0.25) is 0 Å². The normalized spacial score (nSPS) is 19.6. The van der Waals surface area contributed by atoms with Crippen molar-refractivity contribution in [1.82, 2.24) is 5.32 Å². The lowest BCUT2D eigenvalue weighted by Gasteiger charge is -2.22. The lowest BCUT2D eigenvalue weighted by molar-refractivity contribution is -0.141. The number of carboxylic acids is 1. The van der Waals surface area contributed by atoms with Crippen LogP contribution in [0, 0.1) is 5.92 Å². The molecular formula is C12H23NO3. The molecule has 1 saturated carbocycles. The predicted molar refractivity (Wildman–Crippen MR) is 62.5 cm³/mol. The molecule has 1 atom stereocenters. The molecule has 1 aliphatic rings. The van der Waals surface area contributed by atoms with Crippen molar-refractivity contribution in [3.63, 3.8) is 0 Å². The van der Waals surface area contributed by atoms with Crippen LogP contribution in [-0.2, 0) is 9.53 Å².